The maximum absolute atomic E-state index is 13.1. The first-order valence-electron chi connectivity index (χ1n) is 7.92. The minimum Gasteiger partial charge on any atom is -0.497 e. The molecular weight excluding hydrogens is 292 g/mol. The fourth-order valence-corrected chi connectivity index (χ4v) is 9.97. The lowest BCUT2D eigenvalue weighted by Crippen LogP contribution is -2.55. The van der Waals surface area contributed by atoms with E-state index >= 15 is 0 Å². The number of carbonyl (C=O) groups is 2. The summed E-state index contributed by atoms with van der Waals surface area (Å²) in [6, 6.07) is 6.81. The summed E-state index contributed by atoms with van der Waals surface area (Å²) in [5, 5.41) is -0.141. The number of ether oxygens (including phenoxy) is 1. The van der Waals surface area contributed by atoms with Crippen molar-refractivity contribution in [2.75, 3.05) is 7.11 Å². The van der Waals surface area contributed by atoms with Crippen LogP contribution in [0.5, 0.6) is 5.75 Å². The van der Waals surface area contributed by atoms with Gasteiger partial charge in [-0.05, 0) is 40.9 Å². The number of hydrogen-bond donors (Lipinski definition) is 0. The molecule has 0 aliphatic rings. The van der Waals surface area contributed by atoms with Crippen molar-refractivity contribution in [1.82, 2.24) is 0 Å². The molecule has 0 atom stereocenters. The van der Waals surface area contributed by atoms with Crippen molar-refractivity contribution in [3.8, 4) is 5.75 Å². The molecule has 1 rings (SSSR count). The summed E-state index contributed by atoms with van der Waals surface area (Å²) >= 11 is 0. The minimum absolute atomic E-state index is 0.141. The highest BCUT2D eigenvalue weighted by Crippen LogP contribution is 2.42. The first kappa shape index (κ1) is 18.6. The number of carbonyl (C=O) groups excluding carboxylic acids is 2. The molecule has 1 aromatic carbocycles. The normalized spacial score (nSPS) is 12.1. The van der Waals surface area contributed by atoms with Crippen LogP contribution in [0, 0.1) is 0 Å². The van der Waals surface area contributed by atoms with Crippen molar-refractivity contribution in [1.29, 1.82) is 0 Å². The Bertz CT molecular complexity index is 508. The van der Waals surface area contributed by atoms with E-state index in [1.807, 2.05) is 0 Å². The molecule has 0 N–H and O–H groups in total. The third-order valence-electron chi connectivity index (χ3n) is 4.82. The van der Waals surface area contributed by atoms with E-state index in [-0.39, 0.29) is 27.8 Å². The summed E-state index contributed by atoms with van der Waals surface area (Å²) in [4.78, 5) is 25.9. The van der Waals surface area contributed by atoms with E-state index in [9.17, 15) is 9.59 Å². The Morgan fingerprint density at radius 3 is 1.59 bits per heavy atom. The average molecular weight is 321 g/mol. The maximum atomic E-state index is 13.1. The second-order valence-electron chi connectivity index (χ2n) is 6.78. The van der Waals surface area contributed by atoms with Gasteiger partial charge < -0.3 is 4.74 Å². The van der Waals surface area contributed by atoms with Crippen molar-refractivity contribution in [2.24, 2.45) is 0 Å². The number of methoxy groups -OCH3 is 1. The second-order valence-corrected chi connectivity index (χ2v) is 12.6. The van der Waals surface area contributed by atoms with Crippen LogP contribution in [-0.4, -0.2) is 26.4 Å². The summed E-state index contributed by atoms with van der Waals surface area (Å²) in [6.07, 6.45) is 0. The van der Waals surface area contributed by atoms with Gasteiger partial charge >= 0.3 is 0 Å². The molecular formula is C18H28O3Si. The van der Waals surface area contributed by atoms with Crippen molar-refractivity contribution in [3.05, 3.63) is 29.8 Å². The molecule has 0 aliphatic heterocycles. The lowest BCUT2D eigenvalue weighted by atomic mass is 10.1. The second kappa shape index (κ2) is 7.23. The monoisotopic (exact) mass is 320 g/mol. The number of ketones is 1. The van der Waals surface area contributed by atoms with Crippen LogP contribution in [0.15, 0.2) is 24.3 Å². The van der Waals surface area contributed by atoms with Gasteiger partial charge in [-0.3, -0.25) is 9.59 Å². The van der Waals surface area contributed by atoms with Crippen LogP contribution >= 0.6 is 0 Å². The molecule has 0 aromatic heterocycles. The lowest BCUT2D eigenvalue weighted by Gasteiger charge is -2.40. The van der Waals surface area contributed by atoms with Gasteiger partial charge in [0.05, 0.1) is 7.11 Å². The van der Waals surface area contributed by atoms with E-state index in [0.717, 1.165) is 0 Å². The van der Waals surface area contributed by atoms with Gasteiger partial charge in [0.1, 0.15) is 5.75 Å². The fraction of sp³-hybridized carbons (Fsp3) is 0.556. The van der Waals surface area contributed by atoms with Crippen molar-refractivity contribution < 1.29 is 14.3 Å². The highest BCUT2D eigenvalue weighted by molar-refractivity contribution is 7.16. The zero-order chi connectivity index (χ0) is 17.1. The summed E-state index contributed by atoms with van der Waals surface area (Å²) in [6.45, 7) is 12.5. The van der Waals surface area contributed by atoms with Crippen LogP contribution < -0.4 is 4.74 Å². The zero-order valence-electron chi connectivity index (χ0n) is 14.8. The van der Waals surface area contributed by atoms with Crippen molar-refractivity contribution in [2.45, 2.75) is 58.2 Å². The van der Waals surface area contributed by atoms with E-state index in [0.29, 0.717) is 11.3 Å². The van der Waals surface area contributed by atoms with Gasteiger partial charge in [0, 0.05) is 5.56 Å². The highest BCUT2D eigenvalue weighted by atomic mass is 28.3. The first-order valence-corrected chi connectivity index (χ1v) is 10.2. The summed E-state index contributed by atoms with van der Waals surface area (Å²) in [5.74, 6) is 0.342. The summed E-state index contributed by atoms with van der Waals surface area (Å²) < 4.78 is 5.10. The van der Waals surface area contributed by atoms with Gasteiger partial charge in [-0.25, -0.2) is 0 Å². The van der Waals surface area contributed by atoms with Gasteiger partial charge in [-0.2, -0.15) is 0 Å². The molecule has 1 aromatic rings. The van der Waals surface area contributed by atoms with Gasteiger partial charge in [0.15, 0.2) is 13.5 Å². The average Bonchev–Trinajstić information content (AvgIpc) is 2.45. The quantitative estimate of drug-likeness (QED) is 0.417. The van der Waals surface area contributed by atoms with E-state index in [1.165, 1.54) is 0 Å². The molecule has 0 heterocycles. The molecule has 0 unspecified atom stereocenters. The summed E-state index contributed by atoms with van der Waals surface area (Å²) in [7, 11) is -0.839. The van der Waals surface area contributed by atoms with Crippen LogP contribution in [0.2, 0.25) is 16.6 Å². The standard InChI is InChI=1S/C18H28O3Si/c1-12(2)22(13(3)4,14(5)6)18(20)17(19)15-8-10-16(21-7)11-9-15/h8-14H,1-7H3. The Morgan fingerprint density at radius 2 is 1.27 bits per heavy atom. The highest BCUT2D eigenvalue weighted by Gasteiger charge is 2.51. The SMILES string of the molecule is COc1ccc(C(=O)C(=O)[Si](C(C)C)(C(C)C)C(C)C)cc1. The van der Waals surface area contributed by atoms with E-state index < -0.39 is 8.07 Å². The first-order chi connectivity index (χ1) is 10.2. The molecule has 0 radical (unpaired) electrons. The van der Waals surface area contributed by atoms with E-state index in [4.69, 9.17) is 4.74 Å². The third kappa shape index (κ3) is 3.17. The third-order valence-corrected chi connectivity index (χ3v) is 11.6. The van der Waals surface area contributed by atoms with Gasteiger partial charge in [0.25, 0.3) is 0 Å². The maximum Gasteiger partial charge on any atom is 0.223 e. The van der Waals surface area contributed by atoms with E-state index in [2.05, 4.69) is 41.5 Å². The van der Waals surface area contributed by atoms with Crippen molar-refractivity contribution >= 4 is 19.3 Å². The number of benzene rings is 1. The molecule has 3 nitrogen and oxygen atoms in total. The van der Waals surface area contributed by atoms with Crippen LogP contribution in [0.1, 0.15) is 51.9 Å². The molecule has 0 aliphatic carbocycles. The van der Waals surface area contributed by atoms with Gasteiger partial charge in [-0.1, -0.05) is 41.5 Å². The molecule has 0 fully saturated rings. The van der Waals surface area contributed by atoms with E-state index in [1.54, 1.807) is 31.4 Å². The fourth-order valence-electron chi connectivity index (χ4n) is 3.86. The Hall–Kier alpha value is -1.42. The molecule has 0 amide bonds. The van der Waals surface area contributed by atoms with Crippen LogP contribution in [-0.2, 0) is 4.79 Å². The number of Topliss-reactive ketones (excluding diaryl/α,β-unsaturated/α-hetero) is 1. The zero-order valence-corrected chi connectivity index (χ0v) is 15.8. The Morgan fingerprint density at radius 1 is 0.864 bits per heavy atom. The predicted octanol–water partition coefficient (Wildman–Crippen LogP) is 4.67. The molecule has 0 saturated carbocycles. The molecule has 0 spiro atoms. The molecule has 22 heavy (non-hydrogen) atoms. The van der Waals surface area contributed by atoms with Gasteiger partial charge in [-0.15, -0.1) is 0 Å². The van der Waals surface area contributed by atoms with Crippen LogP contribution in [0.25, 0.3) is 0 Å². The van der Waals surface area contributed by atoms with Crippen LogP contribution in [0.3, 0.4) is 0 Å². The Labute approximate surface area is 135 Å². The van der Waals surface area contributed by atoms with Crippen LogP contribution in [0.4, 0.5) is 0 Å². The topological polar surface area (TPSA) is 43.4 Å². The molecule has 0 saturated heterocycles. The molecule has 122 valence electrons. The minimum atomic E-state index is -2.42. The molecule has 4 heteroatoms. The smallest absolute Gasteiger partial charge is 0.223 e. The number of hydrogen-bond acceptors (Lipinski definition) is 3. The molecule has 0 bridgehead atoms. The van der Waals surface area contributed by atoms with Crippen molar-refractivity contribution in [3.63, 3.8) is 0 Å². The number of rotatable bonds is 7. The largest absolute Gasteiger partial charge is 0.497 e. The van der Waals surface area contributed by atoms with Gasteiger partial charge in [0.2, 0.25) is 5.78 Å². The Kier molecular flexibility index (Phi) is 6.12. The summed E-state index contributed by atoms with van der Waals surface area (Å²) in [5.41, 5.74) is 1.18. The predicted molar refractivity (Wildman–Crippen MR) is 93.4 cm³/mol. The Balaban J connectivity index is 3.26. The lowest BCUT2D eigenvalue weighted by molar-refractivity contribution is -0.109.